The monoisotopic (exact) mass is 299 g/mol. The summed E-state index contributed by atoms with van der Waals surface area (Å²) in [5, 5.41) is 1.50. The third kappa shape index (κ3) is 5.20. The van der Waals surface area contributed by atoms with Crippen LogP contribution in [0.15, 0.2) is 21.2 Å². The molecular formula is C10H17Cl2OSiTi. The second-order valence-electron chi connectivity index (χ2n) is 3.86. The Bertz CT molecular complexity index is 252. The molecule has 0 aromatic carbocycles. The average molecular weight is 300 g/mol. The average Bonchev–Trinajstić information content (AvgIpc) is 2.48. The molecule has 0 saturated carbocycles. The maximum Gasteiger partial charge on any atom is -1.00 e. The van der Waals surface area contributed by atoms with Gasteiger partial charge in [-0.3, -0.25) is 0 Å². The van der Waals surface area contributed by atoms with Crippen LogP contribution in [0.5, 0.6) is 0 Å². The van der Waals surface area contributed by atoms with E-state index in [0.717, 1.165) is 19.4 Å². The number of hydrogen-bond acceptors (Lipinski definition) is 1. The van der Waals surface area contributed by atoms with Crippen molar-refractivity contribution in [2.75, 3.05) is 6.61 Å². The van der Waals surface area contributed by atoms with Gasteiger partial charge in [-0.15, -0.1) is 0 Å². The first-order chi connectivity index (χ1) is 6.08. The molecule has 85 valence electrons. The third-order valence-corrected chi connectivity index (χ3v) is 6.07. The van der Waals surface area contributed by atoms with Gasteiger partial charge in [-0.05, 0) is 0 Å². The van der Waals surface area contributed by atoms with Crippen molar-refractivity contribution in [1.29, 1.82) is 0 Å². The number of allylic oxidation sites excluding steroid dienone is 4. The molecule has 0 spiro atoms. The molecule has 0 unspecified atom stereocenters. The molecular weight excluding hydrogens is 283 g/mol. The predicted octanol–water partition coefficient (Wildman–Crippen LogP) is -3.07. The fourth-order valence-electron chi connectivity index (χ4n) is 1.50. The van der Waals surface area contributed by atoms with E-state index in [1.807, 2.05) is 0 Å². The van der Waals surface area contributed by atoms with Gasteiger partial charge in [0.05, 0.1) is 0 Å². The molecule has 0 aromatic rings. The molecule has 0 saturated heterocycles. The van der Waals surface area contributed by atoms with Gasteiger partial charge in [0.25, 0.3) is 0 Å². The van der Waals surface area contributed by atoms with Crippen LogP contribution in [0.1, 0.15) is 19.8 Å². The van der Waals surface area contributed by atoms with Crippen molar-refractivity contribution >= 4 is 8.32 Å². The molecule has 1 rings (SSSR count). The van der Waals surface area contributed by atoms with Gasteiger partial charge in [0.15, 0.2) is 0 Å². The molecule has 0 N–H and O–H groups in total. The Kier molecular flexibility index (Phi) is 9.90. The van der Waals surface area contributed by atoms with Crippen LogP contribution < -0.4 is 24.8 Å². The summed E-state index contributed by atoms with van der Waals surface area (Å²) in [6.45, 7) is 7.65. The Morgan fingerprint density at radius 3 is 2.40 bits per heavy atom. The number of hydrogen-bond donors (Lipinski definition) is 0. The van der Waals surface area contributed by atoms with Crippen LogP contribution in [0, 0.1) is 0 Å². The van der Waals surface area contributed by atoms with Gasteiger partial charge in [-0.1, -0.05) is 0 Å². The Morgan fingerprint density at radius 2 is 2.00 bits per heavy atom. The van der Waals surface area contributed by atoms with Crippen molar-refractivity contribution in [3.8, 4) is 0 Å². The molecule has 0 atom stereocenters. The third-order valence-electron chi connectivity index (χ3n) is 2.25. The summed E-state index contributed by atoms with van der Waals surface area (Å²) in [5.41, 5.74) is 0. The van der Waals surface area contributed by atoms with Crippen molar-refractivity contribution in [2.24, 2.45) is 0 Å². The van der Waals surface area contributed by atoms with E-state index in [1.54, 1.807) is 0 Å². The molecule has 0 aromatic heterocycles. The first kappa shape index (κ1) is 18.3. The zero-order chi connectivity index (χ0) is 9.90. The molecule has 1 nitrogen and oxygen atoms in total. The molecule has 0 heterocycles. The van der Waals surface area contributed by atoms with Crippen molar-refractivity contribution in [2.45, 2.75) is 32.9 Å². The van der Waals surface area contributed by atoms with E-state index in [4.69, 9.17) is 4.43 Å². The molecule has 0 bridgehead atoms. The SMILES string of the molecule is CCCO[Si](C)(C)C1=[C]([Ti+2])CC=C1.[Cl-].[Cl-]. The Morgan fingerprint density at radius 1 is 1.40 bits per heavy atom. The van der Waals surface area contributed by atoms with Crippen LogP contribution in [0.2, 0.25) is 13.1 Å². The topological polar surface area (TPSA) is 9.23 Å². The second kappa shape index (κ2) is 8.10. The molecule has 0 aliphatic heterocycles. The van der Waals surface area contributed by atoms with E-state index < -0.39 is 8.32 Å². The van der Waals surface area contributed by atoms with Gasteiger partial charge in [0.1, 0.15) is 0 Å². The predicted molar refractivity (Wildman–Crippen MR) is 54.5 cm³/mol. The molecule has 5 heteroatoms. The van der Waals surface area contributed by atoms with Gasteiger partial charge in [-0.2, -0.15) is 0 Å². The largest absolute Gasteiger partial charge is 1.00 e. The molecule has 1 aliphatic carbocycles. The van der Waals surface area contributed by atoms with Gasteiger partial charge >= 0.3 is 93.9 Å². The summed E-state index contributed by atoms with van der Waals surface area (Å²) < 4.78 is 7.47. The first-order valence-corrected chi connectivity index (χ1v) is 8.52. The van der Waals surface area contributed by atoms with Crippen molar-refractivity contribution < 1.29 is 49.7 Å². The van der Waals surface area contributed by atoms with E-state index in [9.17, 15) is 0 Å². The maximum atomic E-state index is 5.96. The quantitative estimate of drug-likeness (QED) is 0.501. The molecule has 0 fully saturated rings. The summed E-state index contributed by atoms with van der Waals surface area (Å²) in [4.78, 5) is 0. The minimum absolute atomic E-state index is 0. The molecule has 0 amide bonds. The Labute approximate surface area is 118 Å². The summed E-state index contributed by atoms with van der Waals surface area (Å²) in [5.74, 6) is 0. The van der Waals surface area contributed by atoms with Crippen LogP contribution >= 0.6 is 0 Å². The van der Waals surface area contributed by atoms with Crippen LogP contribution in [-0.2, 0) is 24.9 Å². The van der Waals surface area contributed by atoms with Crippen molar-refractivity contribution in [1.82, 2.24) is 0 Å². The first-order valence-electron chi connectivity index (χ1n) is 4.83. The van der Waals surface area contributed by atoms with Crippen molar-refractivity contribution in [3.05, 3.63) is 21.2 Å². The van der Waals surface area contributed by atoms with Gasteiger partial charge in [0, 0.05) is 0 Å². The van der Waals surface area contributed by atoms with E-state index >= 15 is 0 Å². The smallest absolute Gasteiger partial charge is 1.00 e. The van der Waals surface area contributed by atoms with Gasteiger partial charge in [-0.25, -0.2) is 0 Å². The van der Waals surface area contributed by atoms with E-state index in [-0.39, 0.29) is 24.8 Å². The maximum absolute atomic E-state index is 5.96. The van der Waals surface area contributed by atoms with Gasteiger partial charge in [0.2, 0.25) is 0 Å². The van der Waals surface area contributed by atoms with Crippen LogP contribution in [-0.4, -0.2) is 14.9 Å². The van der Waals surface area contributed by atoms with E-state index in [0.29, 0.717) is 0 Å². The van der Waals surface area contributed by atoms with Crippen LogP contribution in [0.3, 0.4) is 0 Å². The minimum Gasteiger partial charge on any atom is -1.00 e. The molecule has 0 radical (unpaired) electrons. The van der Waals surface area contributed by atoms with Crippen molar-refractivity contribution in [3.63, 3.8) is 0 Å². The summed E-state index contributed by atoms with van der Waals surface area (Å²) in [6, 6.07) is 0. The van der Waals surface area contributed by atoms with Gasteiger partial charge < -0.3 is 24.8 Å². The van der Waals surface area contributed by atoms with Crippen LogP contribution in [0.4, 0.5) is 0 Å². The second-order valence-corrected chi connectivity index (χ2v) is 8.65. The number of halogens is 2. The standard InChI is InChI=1S/C10H17OSi.2ClH.Ti/c1-4-9-11-12(2,3)10-7-5-6-8-10;;;/h5,7H,4,6,9H2,1-3H3;2*1H;/q;;;+2/p-2. The Hall–Kier alpha value is 0.951. The summed E-state index contributed by atoms with van der Waals surface area (Å²) >= 11 is 2.22. The fourth-order valence-corrected chi connectivity index (χ4v) is 5.45. The van der Waals surface area contributed by atoms with Crippen LogP contribution in [0.25, 0.3) is 0 Å². The minimum atomic E-state index is -1.56. The summed E-state index contributed by atoms with van der Waals surface area (Å²) in [6.07, 6.45) is 6.75. The fraction of sp³-hybridized carbons (Fsp3) is 0.600. The zero-order valence-corrected chi connectivity index (χ0v) is 13.5. The summed E-state index contributed by atoms with van der Waals surface area (Å²) in [7, 11) is -1.56. The molecule has 1 aliphatic rings. The Balaban J connectivity index is 0. The van der Waals surface area contributed by atoms with E-state index in [2.05, 4.69) is 52.6 Å². The molecule has 15 heavy (non-hydrogen) atoms. The number of rotatable bonds is 4. The zero-order valence-electron chi connectivity index (χ0n) is 9.44. The van der Waals surface area contributed by atoms with E-state index in [1.165, 1.54) is 9.07 Å². The normalized spacial score (nSPS) is 15.0.